The molecule has 1 aliphatic rings. The van der Waals surface area contributed by atoms with E-state index in [1.165, 1.54) is 19.3 Å². The molecule has 0 spiro atoms. The molecule has 2 atom stereocenters. The van der Waals surface area contributed by atoms with Gasteiger partial charge in [-0.3, -0.25) is 0 Å². The Hall–Kier alpha value is -0.0800. The first kappa shape index (κ1) is 12.0. The van der Waals surface area contributed by atoms with Crippen molar-refractivity contribution >= 4 is 0 Å². The van der Waals surface area contributed by atoms with Gasteiger partial charge in [0.15, 0.2) is 0 Å². The Morgan fingerprint density at radius 2 is 2.07 bits per heavy atom. The maximum Gasteiger partial charge on any atom is 0.0616 e. The van der Waals surface area contributed by atoms with Crippen molar-refractivity contribution < 1.29 is 4.74 Å². The van der Waals surface area contributed by atoms with Crippen molar-refractivity contribution in [3.63, 3.8) is 0 Å². The van der Waals surface area contributed by atoms with Crippen LogP contribution in [0.1, 0.15) is 47.0 Å². The Labute approximate surface area is 88.4 Å². The smallest absolute Gasteiger partial charge is 0.0616 e. The first-order valence-corrected chi connectivity index (χ1v) is 5.89. The van der Waals surface area contributed by atoms with Crippen LogP contribution in [0.5, 0.6) is 0 Å². The Morgan fingerprint density at radius 1 is 1.36 bits per heavy atom. The molecule has 0 bridgehead atoms. The molecule has 0 aliphatic carbocycles. The van der Waals surface area contributed by atoms with E-state index in [1.807, 2.05) is 0 Å². The molecular weight excluding hydrogens is 174 g/mol. The third-order valence-corrected chi connectivity index (χ3v) is 2.81. The second-order valence-electron chi connectivity index (χ2n) is 5.38. The van der Waals surface area contributed by atoms with Gasteiger partial charge in [0.2, 0.25) is 0 Å². The summed E-state index contributed by atoms with van der Waals surface area (Å²) in [5.41, 5.74) is 0.235. The molecule has 1 heterocycles. The fraction of sp³-hybridized carbons (Fsp3) is 1.00. The first-order chi connectivity index (χ1) is 6.53. The van der Waals surface area contributed by atoms with Crippen molar-refractivity contribution in [3.8, 4) is 0 Å². The van der Waals surface area contributed by atoms with Gasteiger partial charge in [-0.25, -0.2) is 0 Å². The van der Waals surface area contributed by atoms with E-state index >= 15 is 0 Å². The number of hydrogen-bond acceptors (Lipinski definition) is 2. The lowest BCUT2D eigenvalue weighted by Crippen LogP contribution is -2.40. The number of rotatable bonds is 4. The predicted octanol–water partition coefficient (Wildman–Crippen LogP) is 2.58. The van der Waals surface area contributed by atoms with Gasteiger partial charge in [-0.15, -0.1) is 0 Å². The van der Waals surface area contributed by atoms with E-state index in [9.17, 15) is 0 Å². The van der Waals surface area contributed by atoms with Crippen molar-refractivity contribution in [2.45, 2.75) is 58.6 Å². The number of nitrogens with one attached hydrogen (secondary N) is 1. The normalized spacial score (nSPS) is 28.3. The lowest BCUT2D eigenvalue weighted by Gasteiger charge is -2.25. The molecule has 1 fully saturated rings. The zero-order valence-corrected chi connectivity index (χ0v) is 10.1. The highest BCUT2D eigenvalue weighted by molar-refractivity contribution is 4.81. The van der Waals surface area contributed by atoms with E-state index in [2.05, 4.69) is 33.0 Å². The van der Waals surface area contributed by atoms with Crippen molar-refractivity contribution in [2.24, 2.45) is 5.92 Å². The average molecular weight is 199 g/mol. The fourth-order valence-electron chi connectivity index (χ4n) is 1.97. The molecule has 0 amide bonds. The zero-order chi connectivity index (χ0) is 10.6. The molecule has 0 radical (unpaired) electrons. The zero-order valence-electron chi connectivity index (χ0n) is 10.1. The Bertz CT molecular complexity index is 162. The quantitative estimate of drug-likeness (QED) is 0.751. The summed E-state index contributed by atoms with van der Waals surface area (Å²) in [5, 5.41) is 3.57. The van der Waals surface area contributed by atoms with Crippen LogP contribution in [-0.4, -0.2) is 24.8 Å². The highest BCUT2D eigenvalue weighted by Crippen LogP contribution is 2.24. The van der Waals surface area contributed by atoms with Crippen LogP contribution in [0.2, 0.25) is 0 Å². The molecule has 1 aliphatic heterocycles. The molecule has 0 saturated carbocycles. The van der Waals surface area contributed by atoms with Gasteiger partial charge in [0.05, 0.1) is 6.10 Å². The van der Waals surface area contributed by atoms with Crippen molar-refractivity contribution in [1.82, 2.24) is 5.32 Å². The second kappa shape index (κ2) is 5.13. The minimum absolute atomic E-state index is 0.235. The van der Waals surface area contributed by atoms with Gasteiger partial charge in [-0.05, 0) is 39.5 Å². The van der Waals surface area contributed by atoms with Crippen LogP contribution >= 0.6 is 0 Å². The molecule has 2 heteroatoms. The summed E-state index contributed by atoms with van der Waals surface area (Å²) in [6.45, 7) is 11.0. The maximum absolute atomic E-state index is 5.73. The van der Waals surface area contributed by atoms with Crippen LogP contribution in [0.25, 0.3) is 0 Å². The Kier molecular flexibility index (Phi) is 4.39. The van der Waals surface area contributed by atoms with Gasteiger partial charge < -0.3 is 10.1 Å². The molecule has 1 saturated heterocycles. The fourth-order valence-corrected chi connectivity index (χ4v) is 1.97. The molecule has 2 nitrogen and oxygen atoms in total. The maximum atomic E-state index is 5.73. The third-order valence-electron chi connectivity index (χ3n) is 2.81. The third kappa shape index (κ3) is 3.97. The summed E-state index contributed by atoms with van der Waals surface area (Å²) in [6.07, 6.45) is 4.19. The topological polar surface area (TPSA) is 21.3 Å². The van der Waals surface area contributed by atoms with Crippen LogP contribution in [0.3, 0.4) is 0 Å². The van der Waals surface area contributed by atoms with Gasteiger partial charge in [0.1, 0.15) is 0 Å². The summed E-state index contributed by atoms with van der Waals surface area (Å²) in [7, 11) is 0. The molecule has 84 valence electrons. The second-order valence-corrected chi connectivity index (χ2v) is 5.38. The lowest BCUT2D eigenvalue weighted by molar-refractivity contribution is 0.0812. The predicted molar refractivity (Wildman–Crippen MR) is 60.5 cm³/mol. The molecule has 0 aromatic rings. The molecule has 1 N–H and O–H groups in total. The summed E-state index contributed by atoms with van der Waals surface area (Å²) >= 11 is 0. The summed E-state index contributed by atoms with van der Waals surface area (Å²) in [4.78, 5) is 0. The Balaban J connectivity index is 2.29. The standard InChI is InChI=1S/C12H25NO/c1-5-6-11-10(7-8-14-11)9-13-12(2,3)4/h10-11,13H,5-9H2,1-4H3. The molecule has 14 heavy (non-hydrogen) atoms. The van der Waals surface area contributed by atoms with Gasteiger partial charge in [-0.1, -0.05) is 13.3 Å². The van der Waals surface area contributed by atoms with E-state index in [-0.39, 0.29) is 5.54 Å². The van der Waals surface area contributed by atoms with E-state index in [0.29, 0.717) is 6.10 Å². The number of hydrogen-bond donors (Lipinski definition) is 1. The van der Waals surface area contributed by atoms with E-state index < -0.39 is 0 Å². The van der Waals surface area contributed by atoms with Crippen LogP contribution in [0, 0.1) is 5.92 Å². The molecule has 0 aromatic carbocycles. The van der Waals surface area contributed by atoms with E-state index in [0.717, 1.165) is 19.1 Å². The van der Waals surface area contributed by atoms with Crippen molar-refractivity contribution in [2.75, 3.05) is 13.2 Å². The van der Waals surface area contributed by atoms with Gasteiger partial charge in [-0.2, -0.15) is 0 Å². The van der Waals surface area contributed by atoms with Crippen LogP contribution in [0.4, 0.5) is 0 Å². The molecule has 1 rings (SSSR count). The van der Waals surface area contributed by atoms with Crippen LogP contribution < -0.4 is 5.32 Å². The monoisotopic (exact) mass is 199 g/mol. The largest absolute Gasteiger partial charge is 0.378 e. The molecular formula is C12H25NO. The van der Waals surface area contributed by atoms with Crippen molar-refractivity contribution in [1.29, 1.82) is 0 Å². The van der Waals surface area contributed by atoms with Gasteiger partial charge in [0, 0.05) is 18.7 Å². The highest BCUT2D eigenvalue weighted by Gasteiger charge is 2.27. The minimum atomic E-state index is 0.235. The summed E-state index contributed by atoms with van der Waals surface area (Å²) in [5.74, 6) is 0.731. The number of ether oxygens (including phenoxy) is 1. The highest BCUT2D eigenvalue weighted by atomic mass is 16.5. The van der Waals surface area contributed by atoms with E-state index in [4.69, 9.17) is 4.74 Å². The summed E-state index contributed by atoms with van der Waals surface area (Å²) < 4.78 is 5.73. The van der Waals surface area contributed by atoms with Crippen molar-refractivity contribution in [3.05, 3.63) is 0 Å². The van der Waals surface area contributed by atoms with Crippen LogP contribution in [0.15, 0.2) is 0 Å². The lowest BCUT2D eigenvalue weighted by atomic mass is 9.96. The Morgan fingerprint density at radius 3 is 2.64 bits per heavy atom. The van der Waals surface area contributed by atoms with E-state index in [1.54, 1.807) is 0 Å². The minimum Gasteiger partial charge on any atom is -0.378 e. The molecule has 2 unspecified atom stereocenters. The van der Waals surface area contributed by atoms with Crippen LogP contribution in [-0.2, 0) is 4.74 Å². The van der Waals surface area contributed by atoms with Gasteiger partial charge >= 0.3 is 0 Å². The van der Waals surface area contributed by atoms with Gasteiger partial charge in [0.25, 0.3) is 0 Å². The molecule has 0 aromatic heterocycles. The average Bonchev–Trinajstić information content (AvgIpc) is 2.48. The summed E-state index contributed by atoms with van der Waals surface area (Å²) in [6, 6.07) is 0. The first-order valence-electron chi connectivity index (χ1n) is 5.89. The SMILES string of the molecule is CCCC1OCCC1CNC(C)(C)C.